The molecule has 1 saturated heterocycles. The Labute approximate surface area is 107 Å². The minimum absolute atomic E-state index is 0.0232. The zero-order valence-corrected chi connectivity index (χ0v) is 11.2. The van der Waals surface area contributed by atoms with Crippen molar-refractivity contribution in [1.82, 2.24) is 4.31 Å². The van der Waals surface area contributed by atoms with E-state index >= 15 is 0 Å². The first kappa shape index (κ1) is 13.3. The lowest BCUT2D eigenvalue weighted by atomic mass is 10.1. The van der Waals surface area contributed by atoms with Crippen LogP contribution in [0.1, 0.15) is 12.0 Å². The molecule has 1 atom stereocenters. The fourth-order valence-corrected chi connectivity index (χ4v) is 3.83. The molecule has 1 aliphatic heterocycles. The van der Waals surface area contributed by atoms with Crippen molar-refractivity contribution >= 4 is 15.7 Å². The van der Waals surface area contributed by atoms with E-state index in [1.807, 2.05) is 6.92 Å². The van der Waals surface area contributed by atoms with Gasteiger partial charge in [-0.2, -0.15) is 4.31 Å². The van der Waals surface area contributed by atoms with E-state index < -0.39 is 10.0 Å². The van der Waals surface area contributed by atoms with Crippen molar-refractivity contribution in [1.29, 1.82) is 0 Å². The number of anilines is 1. The van der Waals surface area contributed by atoms with E-state index in [9.17, 15) is 8.42 Å². The number of nitrogen functional groups attached to an aromatic ring is 1. The quantitative estimate of drug-likeness (QED) is 0.787. The highest BCUT2D eigenvalue weighted by Crippen LogP contribution is 2.27. The molecule has 0 saturated carbocycles. The molecule has 0 radical (unpaired) electrons. The van der Waals surface area contributed by atoms with Gasteiger partial charge in [0, 0.05) is 19.7 Å². The third-order valence-corrected chi connectivity index (χ3v) is 5.23. The number of aryl methyl sites for hydroxylation is 1. The van der Waals surface area contributed by atoms with Gasteiger partial charge in [0.15, 0.2) is 0 Å². The van der Waals surface area contributed by atoms with Crippen LogP contribution < -0.4 is 5.73 Å². The summed E-state index contributed by atoms with van der Waals surface area (Å²) in [6.45, 7) is 2.70. The topological polar surface area (TPSA) is 83.6 Å². The molecule has 18 heavy (non-hydrogen) atoms. The predicted octanol–water partition coefficient (Wildman–Crippen LogP) is 0.580. The zero-order valence-electron chi connectivity index (χ0n) is 10.3. The second-order valence-electron chi connectivity index (χ2n) is 4.74. The molecule has 0 aromatic heterocycles. The van der Waals surface area contributed by atoms with Gasteiger partial charge in [0.2, 0.25) is 10.0 Å². The van der Waals surface area contributed by atoms with Crippen LogP contribution in [0.5, 0.6) is 0 Å². The lowest BCUT2D eigenvalue weighted by Crippen LogP contribution is -2.29. The van der Waals surface area contributed by atoms with Crippen molar-refractivity contribution in [2.75, 3.05) is 25.4 Å². The molecule has 0 bridgehead atoms. The van der Waals surface area contributed by atoms with Crippen molar-refractivity contribution < 1.29 is 13.5 Å². The van der Waals surface area contributed by atoms with Crippen LogP contribution in [0.25, 0.3) is 0 Å². The maximum absolute atomic E-state index is 12.4. The molecule has 100 valence electrons. The van der Waals surface area contributed by atoms with Gasteiger partial charge in [-0.3, -0.25) is 0 Å². The molecule has 5 nitrogen and oxygen atoms in total. The number of benzene rings is 1. The number of hydrogen-bond acceptors (Lipinski definition) is 4. The molecule has 0 amide bonds. The monoisotopic (exact) mass is 270 g/mol. The molecular weight excluding hydrogens is 252 g/mol. The maximum atomic E-state index is 12.4. The molecule has 1 heterocycles. The van der Waals surface area contributed by atoms with Crippen LogP contribution in [-0.4, -0.2) is 37.5 Å². The van der Waals surface area contributed by atoms with Gasteiger partial charge in [0.05, 0.1) is 5.69 Å². The largest absolute Gasteiger partial charge is 0.398 e. The molecular formula is C12H18N2O3S. The smallest absolute Gasteiger partial charge is 0.245 e. The minimum atomic E-state index is -3.53. The van der Waals surface area contributed by atoms with Gasteiger partial charge in [0.25, 0.3) is 0 Å². The molecule has 6 heteroatoms. The van der Waals surface area contributed by atoms with E-state index in [2.05, 4.69) is 0 Å². The Morgan fingerprint density at radius 1 is 1.50 bits per heavy atom. The predicted molar refractivity (Wildman–Crippen MR) is 69.5 cm³/mol. The van der Waals surface area contributed by atoms with Crippen molar-refractivity contribution in [3.8, 4) is 0 Å². The number of aliphatic hydroxyl groups excluding tert-OH is 1. The molecule has 1 aliphatic rings. The Morgan fingerprint density at radius 2 is 2.22 bits per heavy atom. The van der Waals surface area contributed by atoms with E-state index in [1.165, 1.54) is 4.31 Å². The van der Waals surface area contributed by atoms with Crippen LogP contribution in [-0.2, 0) is 10.0 Å². The van der Waals surface area contributed by atoms with Crippen LogP contribution in [0, 0.1) is 12.8 Å². The standard InChI is InChI=1S/C12H18N2O3S/c1-9-2-3-12(11(13)6-9)18(16,17)14-5-4-10(7-14)8-15/h2-3,6,10,15H,4-5,7-8,13H2,1H3. The highest BCUT2D eigenvalue weighted by molar-refractivity contribution is 7.89. The Morgan fingerprint density at radius 3 is 2.78 bits per heavy atom. The molecule has 0 spiro atoms. The van der Waals surface area contributed by atoms with Crippen molar-refractivity contribution in [2.45, 2.75) is 18.2 Å². The van der Waals surface area contributed by atoms with Crippen LogP contribution in [0.15, 0.2) is 23.1 Å². The Kier molecular flexibility index (Phi) is 3.61. The van der Waals surface area contributed by atoms with Crippen LogP contribution in [0.3, 0.4) is 0 Å². The fourth-order valence-electron chi connectivity index (χ4n) is 2.21. The van der Waals surface area contributed by atoms with E-state index in [-0.39, 0.29) is 23.1 Å². The van der Waals surface area contributed by atoms with Crippen LogP contribution >= 0.6 is 0 Å². The van der Waals surface area contributed by atoms with Gasteiger partial charge in [-0.05, 0) is 37.0 Å². The summed E-state index contributed by atoms with van der Waals surface area (Å²) < 4.78 is 26.2. The second kappa shape index (κ2) is 4.87. The number of rotatable bonds is 3. The van der Waals surface area contributed by atoms with E-state index in [1.54, 1.807) is 18.2 Å². The van der Waals surface area contributed by atoms with Gasteiger partial charge in [-0.15, -0.1) is 0 Å². The van der Waals surface area contributed by atoms with E-state index in [0.717, 1.165) is 5.56 Å². The molecule has 3 N–H and O–H groups in total. The highest BCUT2D eigenvalue weighted by Gasteiger charge is 2.33. The van der Waals surface area contributed by atoms with Crippen LogP contribution in [0.2, 0.25) is 0 Å². The number of hydrogen-bond donors (Lipinski definition) is 2. The Balaban J connectivity index is 2.31. The second-order valence-corrected chi connectivity index (χ2v) is 6.65. The molecule has 1 unspecified atom stereocenters. The zero-order chi connectivity index (χ0) is 13.3. The van der Waals surface area contributed by atoms with E-state index in [4.69, 9.17) is 10.8 Å². The summed E-state index contributed by atoms with van der Waals surface area (Å²) in [5, 5.41) is 9.06. The summed E-state index contributed by atoms with van der Waals surface area (Å²) in [5.41, 5.74) is 7.00. The van der Waals surface area contributed by atoms with Gasteiger partial charge >= 0.3 is 0 Å². The van der Waals surface area contributed by atoms with Gasteiger partial charge in [-0.25, -0.2) is 8.42 Å². The number of nitrogens with zero attached hydrogens (tertiary/aromatic N) is 1. The lowest BCUT2D eigenvalue weighted by molar-refractivity contribution is 0.233. The first-order chi connectivity index (χ1) is 8.45. The average molecular weight is 270 g/mol. The van der Waals surface area contributed by atoms with Crippen molar-refractivity contribution in [3.63, 3.8) is 0 Å². The molecule has 1 aromatic carbocycles. The summed E-state index contributed by atoms with van der Waals surface area (Å²) in [7, 11) is -3.53. The SMILES string of the molecule is Cc1ccc(S(=O)(=O)N2CCC(CO)C2)c(N)c1. The molecule has 1 aromatic rings. The Hall–Kier alpha value is -1.11. The maximum Gasteiger partial charge on any atom is 0.245 e. The summed E-state index contributed by atoms with van der Waals surface area (Å²) in [6.07, 6.45) is 0.696. The molecule has 2 rings (SSSR count). The summed E-state index contributed by atoms with van der Waals surface area (Å²) in [5.74, 6) is 0.0337. The number of nitrogens with two attached hydrogens (primary N) is 1. The highest BCUT2D eigenvalue weighted by atomic mass is 32.2. The number of sulfonamides is 1. The van der Waals surface area contributed by atoms with Crippen molar-refractivity contribution in [2.24, 2.45) is 5.92 Å². The third kappa shape index (κ3) is 2.36. The first-order valence-corrected chi connectivity index (χ1v) is 7.36. The minimum Gasteiger partial charge on any atom is -0.398 e. The summed E-state index contributed by atoms with van der Waals surface area (Å²) in [4.78, 5) is 0.159. The summed E-state index contributed by atoms with van der Waals surface area (Å²) >= 11 is 0. The van der Waals surface area contributed by atoms with Gasteiger partial charge in [-0.1, -0.05) is 6.07 Å². The first-order valence-electron chi connectivity index (χ1n) is 5.92. The Bertz CT molecular complexity index is 542. The number of aliphatic hydroxyl groups is 1. The lowest BCUT2D eigenvalue weighted by Gasteiger charge is -2.17. The third-order valence-electron chi connectivity index (χ3n) is 3.29. The van der Waals surface area contributed by atoms with Gasteiger partial charge < -0.3 is 10.8 Å². The van der Waals surface area contributed by atoms with Gasteiger partial charge in [0.1, 0.15) is 4.90 Å². The molecule has 1 fully saturated rings. The fraction of sp³-hybridized carbons (Fsp3) is 0.500. The normalized spacial score (nSPS) is 21.3. The molecule has 0 aliphatic carbocycles. The van der Waals surface area contributed by atoms with Crippen molar-refractivity contribution in [3.05, 3.63) is 23.8 Å². The van der Waals surface area contributed by atoms with Crippen LogP contribution in [0.4, 0.5) is 5.69 Å². The average Bonchev–Trinajstić information content (AvgIpc) is 2.77. The summed E-state index contributed by atoms with van der Waals surface area (Å²) in [6, 6.07) is 4.95. The van der Waals surface area contributed by atoms with E-state index in [0.29, 0.717) is 19.5 Å².